The Labute approximate surface area is 146 Å². The van der Waals surface area contributed by atoms with Crippen LogP contribution in [0.1, 0.15) is 64.9 Å². The van der Waals surface area contributed by atoms with E-state index in [4.69, 9.17) is 0 Å². The molecule has 0 N–H and O–H groups in total. The van der Waals surface area contributed by atoms with Crippen LogP contribution in [0.3, 0.4) is 0 Å². The summed E-state index contributed by atoms with van der Waals surface area (Å²) in [6, 6.07) is 9.16. The van der Waals surface area contributed by atoms with Crippen LogP contribution < -0.4 is 0 Å². The summed E-state index contributed by atoms with van der Waals surface area (Å²) in [6.45, 7) is 9.80. The smallest absolute Gasteiger partial charge is 0.0346 e. The Morgan fingerprint density at radius 1 is 1.12 bits per heavy atom. The first-order chi connectivity index (χ1) is 11.5. The molecule has 0 spiro atoms. The van der Waals surface area contributed by atoms with Crippen molar-refractivity contribution in [3.63, 3.8) is 0 Å². The summed E-state index contributed by atoms with van der Waals surface area (Å²) >= 11 is 0. The number of aromatic nitrogens is 1. The number of nitrogens with zero attached hydrogens (tertiary/aromatic N) is 1. The Morgan fingerprint density at radius 3 is 2.75 bits per heavy atom. The average Bonchev–Trinajstić information content (AvgIpc) is 2.96. The van der Waals surface area contributed by atoms with E-state index in [9.17, 15) is 0 Å². The second-order valence-corrected chi connectivity index (χ2v) is 8.53. The van der Waals surface area contributed by atoms with Gasteiger partial charge in [-0.05, 0) is 78.4 Å². The predicted molar refractivity (Wildman–Crippen MR) is 102 cm³/mol. The average molecular weight is 319 g/mol. The van der Waals surface area contributed by atoms with Gasteiger partial charge < -0.3 is 0 Å². The molecule has 4 rings (SSSR count). The molecule has 2 aliphatic carbocycles. The van der Waals surface area contributed by atoms with Crippen molar-refractivity contribution in [1.29, 1.82) is 0 Å². The van der Waals surface area contributed by atoms with E-state index in [2.05, 4.69) is 63.0 Å². The molecule has 1 fully saturated rings. The molecule has 2 aliphatic rings. The molecule has 0 aliphatic heterocycles. The molecule has 1 saturated carbocycles. The molecule has 0 amide bonds. The van der Waals surface area contributed by atoms with Crippen molar-refractivity contribution < 1.29 is 0 Å². The summed E-state index contributed by atoms with van der Waals surface area (Å²) in [6.07, 6.45) is 11.6. The summed E-state index contributed by atoms with van der Waals surface area (Å²) in [4.78, 5) is 4.32. The first kappa shape index (κ1) is 15.9. The Balaban J connectivity index is 1.77. The van der Waals surface area contributed by atoms with Crippen molar-refractivity contribution in [2.24, 2.45) is 16.7 Å². The Bertz CT molecular complexity index is 805. The van der Waals surface area contributed by atoms with Gasteiger partial charge in [-0.1, -0.05) is 44.6 Å². The van der Waals surface area contributed by atoms with Crippen LogP contribution in [0, 0.1) is 16.7 Å². The second-order valence-electron chi connectivity index (χ2n) is 8.53. The molecule has 4 atom stereocenters. The van der Waals surface area contributed by atoms with Gasteiger partial charge in [-0.2, -0.15) is 0 Å². The van der Waals surface area contributed by atoms with Crippen molar-refractivity contribution in [1.82, 2.24) is 4.98 Å². The van der Waals surface area contributed by atoms with E-state index in [1.54, 1.807) is 5.57 Å². The van der Waals surface area contributed by atoms with E-state index in [0.717, 1.165) is 5.92 Å². The van der Waals surface area contributed by atoms with Crippen LogP contribution in [-0.4, -0.2) is 4.98 Å². The first-order valence-electron chi connectivity index (χ1n) is 9.50. The summed E-state index contributed by atoms with van der Waals surface area (Å²) < 4.78 is 0. The van der Waals surface area contributed by atoms with Crippen molar-refractivity contribution in [2.75, 3.05) is 0 Å². The molecule has 24 heavy (non-hydrogen) atoms. The van der Waals surface area contributed by atoms with Crippen LogP contribution >= 0.6 is 0 Å². The zero-order valence-corrected chi connectivity index (χ0v) is 15.5. The minimum atomic E-state index is 0.375. The third-order valence-corrected chi connectivity index (χ3v) is 7.66. The van der Waals surface area contributed by atoms with E-state index in [0.29, 0.717) is 16.7 Å². The monoisotopic (exact) mass is 319 g/mol. The lowest BCUT2D eigenvalue weighted by Crippen LogP contribution is -2.41. The van der Waals surface area contributed by atoms with E-state index < -0.39 is 0 Å². The van der Waals surface area contributed by atoms with Crippen LogP contribution in [0.25, 0.3) is 10.8 Å². The quantitative estimate of drug-likeness (QED) is 0.576. The zero-order valence-electron chi connectivity index (χ0n) is 15.5. The van der Waals surface area contributed by atoms with Crippen molar-refractivity contribution in [3.05, 3.63) is 53.9 Å². The molecular formula is C23H29N. The minimum Gasteiger partial charge on any atom is -0.264 e. The molecule has 1 heteroatoms. The van der Waals surface area contributed by atoms with Crippen LogP contribution in [-0.2, 0) is 0 Å². The number of allylic oxidation sites excluding steroid dienone is 2. The maximum absolute atomic E-state index is 4.32. The summed E-state index contributed by atoms with van der Waals surface area (Å²) in [5, 5.41) is 2.58. The van der Waals surface area contributed by atoms with Crippen LogP contribution in [0.2, 0.25) is 0 Å². The highest BCUT2D eigenvalue weighted by molar-refractivity contribution is 5.82. The van der Waals surface area contributed by atoms with E-state index in [1.165, 1.54) is 42.0 Å². The van der Waals surface area contributed by atoms with E-state index in [-0.39, 0.29) is 0 Å². The number of benzene rings is 1. The molecule has 1 aromatic heterocycles. The van der Waals surface area contributed by atoms with Crippen LogP contribution in [0.15, 0.2) is 48.3 Å². The van der Waals surface area contributed by atoms with Crippen LogP contribution in [0.4, 0.5) is 0 Å². The molecule has 1 heterocycles. The molecule has 126 valence electrons. The summed E-state index contributed by atoms with van der Waals surface area (Å²) in [5.41, 5.74) is 3.91. The number of hydrogen-bond acceptors (Lipinski definition) is 1. The molecule has 2 aromatic rings. The summed E-state index contributed by atoms with van der Waals surface area (Å²) in [7, 11) is 0. The SMILES string of the molecule is CCC1(C)C(C)=CCC2(C)C(c3ccc4ccncc4c3)CCC12. The fourth-order valence-electron chi connectivity index (χ4n) is 5.84. The number of fused-ring (bicyclic) bond motifs is 2. The molecule has 0 radical (unpaired) electrons. The molecule has 0 bridgehead atoms. The zero-order chi connectivity index (χ0) is 16.9. The highest BCUT2D eigenvalue weighted by Crippen LogP contribution is 2.65. The molecule has 4 unspecified atom stereocenters. The molecular weight excluding hydrogens is 290 g/mol. The molecule has 0 saturated heterocycles. The maximum Gasteiger partial charge on any atom is 0.0346 e. The van der Waals surface area contributed by atoms with Gasteiger partial charge in [0.1, 0.15) is 0 Å². The van der Waals surface area contributed by atoms with Gasteiger partial charge in [-0.3, -0.25) is 4.98 Å². The predicted octanol–water partition coefficient (Wildman–Crippen LogP) is 6.50. The van der Waals surface area contributed by atoms with Gasteiger partial charge in [0.2, 0.25) is 0 Å². The van der Waals surface area contributed by atoms with Crippen molar-refractivity contribution >= 4 is 10.8 Å². The lowest BCUT2D eigenvalue weighted by Gasteiger charge is -2.50. The van der Waals surface area contributed by atoms with Crippen LogP contribution in [0.5, 0.6) is 0 Å². The Hall–Kier alpha value is -1.63. The Morgan fingerprint density at radius 2 is 1.96 bits per heavy atom. The van der Waals surface area contributed by atoms with E-state index in [1.807, 2.05) is 12.4 Å². The highest BCUT2D eigenvalue weighted by Gasteiger charge is 2.55. The van der Waals surface area contributed by atoms with Gasteiger partial charge >= 0.3 is 0 Å². The minimum absolute atomic E-state index is 0.375. The fraction of sp³-hybridized carbons (Fsp3) is 0.522. The third-order valence-electron chi connectivity index (χ3n) is 7.66. The molecule has 1 nitrogen and oxygen atoms in total. The third kappa shape index (κ3) is 2.10. The number of hydrogen-bond donors (Lipinski definition) is 0. The van der Waals surface area contributed by atoms with Gasteiger partial charge in [-0.15, -0.1) is 0 Å². The summed E-state index contributed by atoms with van der Waals surface area (Å²) in [5.74, 6) is 1.47. The van der Waals surface area contributed by atoms with Crippen molar-refractivity contribution in [3.8, 4) is 0 Å². The van der Waals surface area contributed by atoms with Gasteiger partial charge in [0.05, 0.1) is 0 Å². The highest BCUT2D eigenvalue weighted by atomic mass is 14.6. The second kappa shape index (κ2) is 5.44. The first-order valence-corrected chi connectivity index (χ1v) is 9.50. The number of pyridine rings is 1. The standard InChI is InChI=1S/C23H29N/c1-5-22(3)16(2)10-12-23(4)20(8-9-21(22)23)18-7-6-17-11-13-24-15-19(17)14-18/h6-7,10-11,13-15,20-21H,5,8-9,12H2,1-4H3. The Kier molecular flexibility index (Phi) is 3.60. The number of rotatable bonds is 2. The topological polar surface area (TPSA) is 12.9 Å². The van der Waals surface area contributed by atoms with Gasteiger partial charge in [0.15, 0.2) is 0 Å². The van der Waals surface area contributed by atoms with E-state index >= 15 is 0 Å². The maximum atomic E-state index is 4.32. The van der Waals surface area contributed by atoms with Gasteiger partial charge in [-0.25, -0.2) is 0 Å². The fourth-order valence-corrected chi connectivity index (χ4v) is 5.84. The van der Waals surface area contributed by atoms with Crippen molar-refractivity contribution in [2.45, 2.75) is 59.3 Å². The van der Waals surface area contributed by atoms with Gasteiger partial charge in [0.25, 0.3) is 0 Å². The largest absolute Gasteiger partial charge is 0.264 e. The van der Waals surface area contributed by atoms with Gasteiger partial charge in [0, 0.05) is 17.8 Å². The normalized spacial score (nSPS) is 35.8. The molecule has 1 aromatic carbocycles. The lowest BCUT2D eigenvalue weighted by atomic mass is 9.54. The lowest BCUT2D eigenvalue weighted by molar-refractivity contribution is 0.0738.